The van der Waals surface area contributed by atoms with E-state index in [0.717, 1.165) is 0 Å². The van der Waals surface area contributed by atoms with Gasteiger partial charge in [-0.2, -0.15) is 12.6 Å². The van der Waals surface area contributed by atoms with E-state index in [1.165, 1.54) is 0 Å². The smallest absolute Gasteiger partial charge is 0.134 e. The number of rotatable bonds is 4. The fourth-order valence-electron chi connectivity index (χ4n) is 1.32. The predicted molar refractivity (Wildman–Crippen MR) is 55.8 cm³/mol. The second kappa shape index (κ2) is 5.56. The van der Waals surface area contributed by atoms with Gasteiger partial charge in [0, 0.05) is 12.1 Å². The molecule has 0 bridgehead atoms. The Morgan fingerprint density at radius 1 is 1.12 bits per heavy atom. The first-order valence-electron chi connectivity index (χ1n) is 4.58. The van der Waals surface area contributed by atoms with E-state index in [1.54, 1.807) is 0 Å². The number of hydrogen-bond donors (Lipinski definition) is 3. The number of hydrogen-bond acceptors (Lipinski definition) is 3. The Hall–Kier alpha value is -0.720. The van der Waals surface area contributed by atoms with Gasteiger partial charge in [0.1, 0.15) is 23.6 Å². The normalized spacial score (nSPS) is 14.9. The topological polar surface area (TPSA) is 40.5 Å². The molecular formula is C10H11F3O2S. The van der Waals surface area contributed by atoms with Crippen molar-refractivity contribution in [3.63, 3.8) is 0 Å². The van der Waals surface area contributed by atoms with Crippen molar-refractivity contribution < 1.29 is 23.4 Å². The van der Waals surface area contributed by atoms with Gasteiger partial charge in [-0.3, -0.25) is 0 Å². The quantitative estimate of drug-likeness (QED) is 0.715. The zero-order chi connectivity index (χ0) is 12.3. The SMILES string of the molecule is OC(CCS)C(O)c1c(F)cc(F)cc1F. The number of benzene rings is 1. The molecule has 1 aromatic carbocycles. The molecule has 0 radical (unpaired) electrons. The fourth-order valence-corrected chi connectivity index (χ4v) is 1.58. The lowest BCUT2D eigenvalue weighted by Gasteiger charge is -2.18. The van der Waals surface area contributed by atoms with Crippen LogP contribution in [0, 0.1) is 17.5 Å². The minimum absolute atomic E-state index is 0.0700. The first-order chi connectivity index (χ1) is 7.47. The summed E-state index contributed by atoms with van der Waals surface area (Å²) in [6.07, 6.45) is -3.00. The number of thiol groups is 1. The van der Waals surface area contributed by atoms with E-state index >= 15 is 0 Å². The predicted octanol–water partition coefficient (Wildman–Crippen LogP) is 1.82. The van der Waals surface area contributed by atoms with Gasteiger partial charge in [-0.05, 0) is 12.2 Å². The minimum Gasteiger partial charge on any atom is -0.390 e. The molecule has 6 heteroatoms. The molecule has 1 aromatic rings. The molecule has 0 saturated carbocycles. The van der Waals surface area contributed by atoms with Gasteiger partial charge < -0.3 is 10.2 Å². The molecule has 0 spiro atoms. The van der Waals surface area contributed by atoms with Crippen LogP contribution in [-0.2, 0) is 0 Å². The third-order valence-corrected chi connectivity index (χ3v) is 2.39. The fraction of sp³-hybridized carbons (Fsp3) is 0.400. The Morgan fingerprint density at radius 3 is 2.06 bits per heavy atom. The van der Waals surface area contributed by atoms with Crippen LogP contribution >= 0.6 is 12.6 Å². The van der Waals surface area contributed by atoms with Gasteiger partial charge in [-0.25, -0.2) is 13.2 Å². The molecule has 0 aliphatic rings. The van der Waals surface area contributed by atoms with Crippen molar-refractivity contribution in [1.82, 2.24) is 0 Å². The molecule has 0 aliphatic heterocycles. The lowest BCUT2D eigenvalue weighted by atomic mass is 10.0. The molecule has 90 valence electrons. The summed E-state index contributed by atoms with van der Waals surface area (Å²) < 4.78 is 39.0. The number of halogens is 3. The van der Waals surface area contributed by atoms with Crippen LogP contribution < -0.4 is 0 Å². The molecule has 0 aromatic heterocycles. The highest BCUT2D eigenvalue weighted by molar-refractivity contribution is 7.80. The minimum atomic E-state index is -1.73. The van der Waals surface area contributed by atoms with Crippen LogP contribution in [0.5, 0.6) is 0 Å². The van der Waals surface area contributed by atoms with E-state index < -0.39 is 35.2 Å². The largest absolute Gasteiger partial charge is 0.390 e. The van der Waals surface area contributed by atoms with Crippen LogP contribution in [-0.4, -0.2) is 22.1 Å². The highest BCUT2D eigenvalue weighted by atomic mass is 32.1. The average Bonchev–Trinajstić information content (AvgIpc) is 2.16. The Labute approximate surface area is 96.1 Å². The highest BCUT2D eigenvalue weighted by Gasteiger charge is 2.25. The van der Waals surface area contributed by atoms with Gasteiger partial charge in [-0.15, -0.1) is 0 Å². The van der Waals surface area contributed by atoms with Crippen molar-refractivity contribution in [2.24, 2.45) is 0 Å². The molecule has 1 rings (SSSR count). The lowest BCUT2D eigenvalue weighted by molar-refractivity contribution is 0.0128. The van der Waals surface area contributed by atoms with Crippen molar-refractivity contribution in [1.29, 1.82) is 0 Å². The molecule has 0 heterocycles. The summed E-state index contributed by atoms with van der Waals surface area (Å²) in [5, 5.41) is 18.8. The van der Waals surface area contributed by atoms with E-state index in [0.29, 0.717) is 12.1 Å². The van der Waals surface area contributed by atoms with Crippen LogP contribution in [0.2, 0.25) is 0 Å². The van der Waals surface area contributed by atoms with Crippen molar-refractivity contribution in [3.8, 4) is 0 Å². The summed E-state index contributed by atoms with van der Waals surface area (Å²) >= 11 is 3.82. The molecule has 16 heavy (non-hydrogen) atoms. The Morgan fingerprint density at radius 2 is 1.62 bits per heavy atom. The zero-order valence-electron chi connectivity index (χ0n) is 8.20. The second-order valence-corrected chi connectivity index (χ2v) is 3.75. The van der Waals surface area contributed by atoms with Gasteiger partial charge in [0.2, 0.25) is 0 Å². The summed E-state index contributed by atoms with van der Waals surface area (Å²) in [6.45, 7) is 0. The molecular weight excluding hydrogens is 241 g/mol. The standard InChI is InChI=1S/C10H11F3O2S/c11-5-3-6(12)9(7(13)4-5)10(15)8(14)1-2-16/h3-4,8,10,14-16H,1-2H2. The maximum Gasteiger partial charge on any atom is 0.134 e. The van der Waals surface area contributed by atoms with Crippen LogP contribution in [0.3, 0.4) is 0 Å². The van der Waals surface area contributed by atoms with Gasteiger partial charge in [0.15, 0.2) is 0 Å². The van der Waals surface area contributed by atoms with Crippen LogP contribution in [0.15, 0.2) is 12.1 Å². The number of aliphatic hydroxyl groups is 2. The second-order valence-electron chi connectivity index (χ2n) is 3.31. The van der Waals surface area contributed by atoms with Crippen molar-refractivity contribution in [2.45, 2.75) is 18.6 Å². The molecule has 0 fully saturated rings. The van der Waals surface area contributed by atoms with Crippen LogP contribution in [0.1, 0.15) is 18.1 Å². The van der Waals surface area contributed by atoms with Crippen molar-refractivity contribution in [3.05, 3.63) is 35.1 Å². The van der Waals surface area contributed by atoms with E-state index in [4.69, 9.17) is 0 Å². The Balaban J connectivity index is 3.03. The molecule has 2 unspecified atom stereocenters. The summed E-state index contributed by atoms with van der Waals surface area (Å²) in [4.78, 5) is 0. The summed E-state index contributed by atoms with van der Waals surface area (Å²) in [7, 11) is 0. The summed E-state index contributed by atoms with van der Waals surface area (Å²) in [6, 6.07) is 0.907. The van der Waals surface area contributed by atoms with Gasteiger partial charge in [0.05, 0.1) is 11.7 Å². The van der Waals surface area contributed by atoms with Gasteiger partial charge in [-0.1, -0.05) is 0 Å². The maximum absolute atomic E-state index is 13.2. The zero-order valence-corrected chi connectivity index (χ0v) is 9.09. The van der Waals surface area contributed by atoms with Gasteiger partial charge in [0.25, 0.3) is 0 Å². The lowest BCUT2D eigenvalue weighted by Crippen LogP contribution is -2.21. The molecule has 0 amide bonds. The monoisotopic (exact) mass is 252 g/mol. The molecule has 2 nitrogen and oxygen atoms in total. The maximum atomic E-state index is 13.2. The number of aliphatic hydroxyl groups excluding tert-OH is 2. The van der Waals surface area contributed by atoms with E-state index in [1.807, 2.05) is 0 Å². The average molecular weight is 252 g/mol. The van der Waals surface area contributed by atoms with E-state index in [-0.39, 0.29) is 12.2 Å². The molecule has 0 saturated heterocycles. The van der Waals surface area contributed by atoms with E-state index in [2.05, 4.69) is 12.6 Å². The van der Waals surface area contributed by atoms with E-state index in [9.17, 15) is 23.4 Å². The third-order valence-electron chi connectivity index (χ3n) is 2.13. The Kier molecular flexibility index (Phi) is 4.64. The van der Waals surface area contributed by atoms with Crippen LogP contribution in [0.4, 0.5) is 13.2 Å². The molecule has 2 atom stereocenters. The summed E-state index contributed by atoms with van der Waals surface area (Å²) in [5.74, 6) is -3.26. The van der Waals surface area contributed by atoms with Crippen molar-refractivity contribution >= 4 is 12.6 Å². The van der Waals surface area contributed by atoms with Gasteiger partial charge >= 0.3 is 0 Å². The molecule has 0 aliphatic carbocycles. The molecule has 2 N–H and O–H groups in total. The summed E-state index contributed by atoms with van der Waals surface area (Å²) in [5.41, 5.74) is -0.726. The van der Waals surface area contributed by atoms with Crippen molar-refractivity contribution in [2.75, 3.05) is 5.75 Å². The first kappa shape index (κ1) is 13.3. The highest BCUT2D eigenvalue weighted by Crippen LogP contribution is 2.25. The Bertz CT molecular complexity index is 350. The first-order valence-corrected chi connectivity index (χ1v) is 5.22. The third kappa shape index (κ3) is 2.90. The van der Waals surface area contributed by atoms with Crippen LogP contribution in [0.25, 0.3) is 0 Å².